The fourth-order valence-electron chi connectivity index (χ4n) is 0.704. The molecule has 0 aliphatic rings. The Bertz CT molecular complexity index is 270. The topological polar surface area (TPSA) is 20.2 Å². The Labute approximate surface area is 61.1 Å². The van der Waals surface area contributed by atoms with Crippen LogP contribution in [0.4, 0.5) is 13.2 Å². The van der Waals surface area contributed by atoms with Gasteiger partial charge in [-0.05, 0) is 18.6 Å². The number of phenols is 1. The van der Waals surface area contributed by atoms with Crippen LogP contribution >= 0.6 is 0 Å². The summed E-state index contributed by atoms with van der Waals surface area (Å²) in [6.45, 7) is 1.28. The fraction of sp³-hybridized carbons (Fsp3) is 0.143. The molecule has 0 fully saturated rings. The molecule has 0 radical (unpaired) electrons. The highest BCUT2D eigenvalue weighted by Crippen LogP contribution is 2.24. The second-order valence-electron chi connectivity index (χ2n) is 2.15. The van der Waals surface area contributed by atoms with Gasteiger partial charge in [0.2, 0.25) is 5.82 Å². The molecular formula is C7H5F3O. The van der Waals surface area contributed by atoms with E-state index in [9.17, 15) is 13.2 Å². The first-order valence-electron chi connectivity index (χ1n) is 2.87. The normalized spacial score (nSPS) is 10.2. The molecule has 0 unspecified atom stereocenters. The van der Waals surface area contributed by atoms with E-state index in [0.717, 1.165) is 6.07 Å². The Morgan fingerprint density at radius 1 is 1.18 bits per heavy atom. The molecule has 4 heteroatoms. The number of hydrogen-bond acceptors (Lipinski definition) is 1. The summed E-state index contributed by atoms with van der Waals surface area (Å²) >= 11 is 0. The molecule has 0 atom stereocenters. The zero-order valence-corrected chi connectivity index (χ0v) is 5.66. The number of hydrogen-bond donors (Lipinski definition) is 1. The smallest absolute Gasteiger partial charge is 0.203 e. The van der Waals surface area contributed by atoms with Gasteiger partial charge in [0.25, 0.3) is 0 Å². The first kappa shape index (κ1) is 7.91. The van der Waals surface area contributed by atoms with Crippen LogP contribution in [-0.4, -0.2) is 5.11 Å². The average Bonchev–Trinajstić information content (AvgIpc) is 1.97. The number of aromatic hydroxyl groups is 1. The minimum absolute atomic E-state index is 0.0265. The van der Waals surface area contributed by atoms with Gasteiger partial charge in [-0.2, -0.15) is 4.39 Å². The highest BCUT2D eigenvalue weighted by molar-refractivity contribution is 5.33. The van der Waals surface area contributed by atoms with Gasteiger partial charge in [-0.15, -0.1) is 0 Å². The maximum absolute atomic E-state index is 12.4. The number of aryl methyl sites for hydroxylation is 1. The van der Waals surface area contributed by atoms with Crippen molar-refractivity contribution in [3.63, 3.8) is 0 Å². The van der Waals surface area contributed by atoms with Crippen LogP contribution in [0.3, 0.4) is 0 Å². The second kappa shape index (κ2) is 2.45. The molecule has 0 aliphatic heterocycles. The van der Waals surface area contributed by atoms with E-state index in [2.05, 4.69) is 0 Å². The molecule has 0 aromatic heterocycles. The van der Waals surface area contributed by atoms with E-state index >= 15 is 0 Å². The summed E-state index contributed by atoms with van der Waals surface area (Å²) in [5, 5.41) is 8.73. The van der Waals surface area contributed by atoms with E-state index in [1.807, 2.05) is 0 Å². The quantitative estimate of drug-likeness (QED) is 0.579. The van der Waals surface area contributed by atoms with Gasteiger partial charge in [-0.3, -0.25) is 0 Å². The summed E-state index contributed by atoms with van der Waals surface area (Å²) < 4.78 is 36.9. The van der Waals surface area contributed by atoms with E-state index in [4.69, 9.17) is 5.11 Å². The lowest BCUT2D eigenvalue weighted by molar-refractivity contribution is 0.383. The predicted octanol–water partition coefficient (Wildman–Crippen LogP) is 2.12. The lowest BCUT2D eigenvalue weighted by atomic mass is 10.2. The van der Waals surface area contributed by atoms with Crippen molar-refractivity contribution in [2.75, 3.05) is 0 Å². The van der Waals surface area contributed by atoms with Gasteiger partial charge in [-0.1, -0.05) is 0 Å². The van der Waals surface area contributed by atoms with Gasteiger partial charge in [0.15, 0.2) is 17.4 Å². The molecule has 0 aliphatic carbocycles. The molecule has 0 saturated heterocycles. The van der Waals surface area contributed by atoms with Gasteiger partial charge in [0.1, 0.15) is 0 Å². The van der Waals surface area contributed by atoms with Crippen LogP contribution in [0.15, 0.2) is 6.07 Å². The van der Waals surface area contributed by atoms with Crippen molar-refractivity contribution >= 4 is 0 Å². The molecule has 60 valence electrons. The predicted molar refractivity (Wildman–Crippen MR) is 32.7 cm³/mol. The van der Waals surface area contributed by atoms with Crippen molar-refractivity contribution in [3.8, 4) is 5.75 Å². The standard InChI is InChI=1S/C7H5F3O/c1-3-2-4(8)5(9)6(10)7(3)11/h2,11H,1H3. The van der Waals surface area contributed by atoms with Crippen molar-refractivity contribution in [2.45, 2.75) is 6.92 Å². The number of rotatable bonds is 0. The molecule has 11 heavy (non-hydrogen) atoms. The van der Waals surface area contributed by atoms with E-state index in [1.54, 1.807) is 0 Å². The minimum atomic E-state index is -1.65. The maximum Gasteiger partial charge on any atom is 0.203 e. The summed E-state index contributed by atoms with van der Waals surface area (Å²) in [5.41, 5.74) is -0.0265. The van der Waals surface area contributed by atoms with Gasteiger partial charge in [0, 0.05) is 0 Å². The molecule has 0 amide bonds. The Hall–Kier alpha value is -1.19. The third-order valence-electron chi connectivity index (χ3n) is 1.33. The summed E-state index contributed by atoms with van der Waals surface area (Å²) in [4.78, 5) is 0. The molecule has 0 spiro atoms. The highest BCUT2D eigenvalue weighted by atomic mass is 19.2. The Balaban J connectivity index is 3.46. The van der Waals surface area contributed by atoms with Gasteiger partial charge < -0.3 is 5.11 Å². The molecule has 1 nitrogen and oxygen atoms in total. The van der Waals surface area contributed by atoms with E-state index < -0.39 is 23.2 Å². The fourth-order valence-corrected chi connectivity index (χ4v) is 0.704. The average molecular weight is 162 g/mol. The summed E-state index contributed by atoms with van der Waals surface area (Å²) in [6, 6.07) is 0.730. The van der Waals surface area contributed by atoms with Gasteiger partial charge in [0.05, 0.1) is 0 Å². The molecule has 0 bridgehead atoms. The van der Waals surface area contributed by atoms with Crippen molar-refractivity contribution in [1.82, 2.24) is 0 Å². The zero-order valence-electron chi connectivity index (χ0n) is 5.66. The Morgan fingerprint density at radius 2 is 1.73 bits per heavy atom. The Kier molecular flexibility index (Phi) is 1.76. The SMILES string of the molecule is Cc1cc(F)c(F)c(F)c1O. The molecule has 0 heterocycles. The van der Waals surface area contributed by atoms with E-state index in [0.29, 0.717) is 0 Å². The number of halogens is 3. The summed E-state index contributed by atoms with van der Waals surface area (Å²) in [6.07, 6.45) is 0. The van der Waals surface area contributed by atoms with Crippen molar-refractivity contribution < 1.29 is 18.3 Å². The largest absolute Gasteiger partial charge is 0.505 e. The van der Waals surface area contributed by atoms with Crippen molar-refractivity contribution in [1.29, 1.82) is 0 Å². The number of benzene rings is 1. The van der Waals surface area contributed by atoms with Crippen LogP contribution in [0.1, 0.15) is 5.56 Å². The van der Waals surface area contributed by atoms with Gasteiger partial charge in [-0.25, -0.2) is 8.78 Å². The third-order valence-corrected chi connectivity index (χ3v) is 1.33. The van der Waals surface area contributed by atoms with E-state index in [1.165, 1.54) is 6.92 Å². The molecule has 1 rings (SSSR count). The van der Waals surface area contributed by atoms with Crippen LogP contribution in [0, 0.1) is 24.4 Å². The third kappa shape index (κ3) is 1.15. The van der Waals surface area contributed by atoms with Crippen LogP contribution in [0.25, 0.3) is 0 Å². The molecule has 1 aromatic carbocycles. The number of phenolic OH excluding ortho intramolecular Hbond substituents is 1. The van der Waals surface area contributed by atoms with Crippen molar-refractivity contribution in [2.24, 2.45) is 0 Å². The van der Waals surface area contributed by atoms with Crippen molar-refractivity contribution in [3.05, 3.63) is 29.1 Å². The van der Waals surface area contributed by atoms with Crippen LogP contribution in [0.2, 0.25) is 0 Å². The minimum Gasteiger partial charge on any atom is -0.505 e. The molecule has 1 aromatic rings. The maximum atomic E-state index is 12.4. The molecular weight excluding hydrogens is 157 g/mol. The molecule has 1 N–H and O–H groups in total. The zero-order chi connectivity index (χ0) is 8.59. The lowest BCUT2D eigenvalue weighted by Gasteiger charge is -2.00. The molecule has 0 saturated carbocycles. The van der Waals surface area contributed by atoms with Crippen LogP contribution < -0.4 is 0 Å². The second-order valence-corrected chi connectivity index (χ2v) is 2.15. The first-order valence-corrected chi connectivity index (χ1v) is 2.87. The first-order chi connectivity index (χ1) is 5.04. The summed E-state index contributed by atoms with van der Waals surface area (Å²) in [5.74, 6) is -5.32. The monoisotopic (exact) mass is 162 g/mol. The Morgan fingerprint density at radius 3 is 2.27 bits per heavy atom. The lowest BCUT2D eigenvalue weighted by Crippen LogP contribution is -1.92. The van der Waals surface area contributed by atoms with Crippen LogP contribution in [-0.2, 0) is 0 Å². The highest BCUT2D eigenvalue weighted by Gasteiger charge is 2.15. The van der Waals surface area contributed by atoms with E-state index in [-0.39, 0.29) is 5.56 Å². The summed E-state index contributed by atoms with van der Waals surface area (Å²) in [7, 11) is 0. The van der Waals surface area contributed by atoms with Crippen LogP contribution in [0.5, 0.6) is 5.75 Å². The van der Waals surface area contributed by atoms with Gasteiger partial charge >= 0.3 is 0 Å².